The molecule has 6 nitrogen and oxygen atoms in total. The zero-order valence-electron chi connectivity index (χ0n) is 12.6. The first kappa shape index (κ1) is 17.1. The van der Waals surface area contributed by atoms with Gasteiger partial charge in [-0.2, -0.15) is 5.10 Å². The monoisotopic (exact) mass is 302 g/mol. The SMILES string of the molecule is CC(C)NCCCCS(=O)(=O)NCCc1ccnn1C. The quantitative estimate of drug-likeness (QED) is 0.623. The number of unbranched alkanes of at least 4 members (excludes halogenated alkanes) is 1. The molecule has 0 bridgehead atoms. The van der Waals surface area contributed by atoms with Gasteiger partial charge >= 0.3 is 0 Å². The maximum Gasteiger partial charge on any atom is 0.211 e. The molecule has 1 heterocycles. The summed E-state index contributed by atoms with van der Waals surface area (Å²) in [6.45, 7) is 5.45. The highest BCUT2D eigenvalue weighted by Crippen LogP contribution is 1.98. The average Bonchev–Trinajstić information content (AvgIpc) is 2.74. The third kappa shape index (κ3) is 7.02. The largest absolute Gasteiger partial charge is 0.315 e. The van der Waals surface area contributed by atoms with Crippen molar-refractivity contribution < 1.29 is 8.42 Å². The van der Waals surface area contributed by atoms with Crippen molar-refractivity contribution in [2.75, 3.05) is 18.8 Å². The molecule has 0 atom stereocenters. The van der Waals surface area contributed by atoms with E-state index in [-0.39, 0.29) is 5.75 Å². The molecule has 0 aliphatic rings. The van der Waals surface area contributed by atoms with Crippen LogP contribution in [0, 0.1) is 0 Å². The van der Waals surface area contributed by atoms with E-state index in [1.165, 1.54) is 0 Å². The smallest absolute Gasteiger partial charge is 0.211 e. The third-order valence-corrected chi connectivity index (χ3v) is 4.49. The number of nitrogens with one attached hydrogen (secondary N) is 2. The van der Waals surface area contributed by atoms with Crippen molar-refractivity contribution in [1.82, 2.24) is 19.8 Å². The van der Waals surface area contributed by atoms with Crippen molar-refractivity contribution in [3.63, 3.8) is 0 Å². The molecule has 0 aromatic carbocycles. The van der Waals surface area contributed by atoms with Gasteiger partial charge in [0.25, 0.3) is 0 Å². The van der Waals surface area contributed by atoms with E-state index in [0.29, 0.717) is 25.4 Å². The molecule has 116 valence electrons. The zero-order chi connectivity index (χ0) is 15.0. The topological polar surface area (TPSA) is 76.0 Å². The maximum absolute atomic E-state index is 11.8. The van der Waals surface area contributed by atoms with E-state index in [0.717, 1.165) is 18.7 Å². The summed E-state index contributed by atoms with van der Waals surface area (Å²) < 4.78 is 28.0. The van der Waals surface area contributed by atoms with Crippen molar-refractivity contribution >= 4 is 10.0 Å². The molecular formula is C13H26N4O2S. The van der Waals surface area contributed by atoms with Crippen LogP contribution in [-0.2, 0) is 23.5 Å². The van der Waals surface area contributed by atoms with Crippen LogP contribution in [0.3, 0.4) is 0 Å². The fourth-order valence-electron chi connectivity index (χ4n) is 1.86. The van der Waals surface area contributed by atoms with Crippen LogP contribution in [0.2, 0.25) is 0 Å². The van der Waals surface area contributed by atoms with Crippen molar-refractivity contribution in [1.29, 1.82) is 0 Å². The van der Waals surface area contributed by atoms with Crippen LogP contribution in [0.15, 0.2) is 12.3 Å². The van der Waals surface area contributed by atoms with Crippen LogP contribution in [0.5, 0.6) is 0 Å². The lowest BCUT2D eigenvalue weighted by atomic mass is 10.3. The Hall–Kier alpha value is -0.920. The highest BCUT2D eigenvalue weighted by atomic mass is 32.2. The molecule has 0 fully saturated rings. The van der Waals surface area contributed by atoms with Gasteiger partial charge in [0, 0.05) is 37.9 Å². The second kappa shape index (κ2) is 8.39. The van der Waals surface area contributed by atoms with Crippen LogP contribution >= 0.6 is 0 Å². The van der Waals surface area contributed by atoms with Crippen molar-refractivity contribution in [2.45, 2.75) is 39.2 Å². The molecule has 0 unspecified atom stereocenters. The van der Waals surface area contributed by atoms with Gasteiger partial charge in [0.15, 0.2) is 0 Å². The molecule has 0 aliphatic heterocycles. The molecule has 0 radical (unpaired) electrons. The Balaban J connectivity index is 2.16. The van der Waals surface area contributed by atoms with Gasteiger partial charge < -0.3 is 5.32 Å². The summed E-state index contributed by atoms with van der Waals surface area (Å²) in [5.74, 6) is 0.193. The summed E-state index contributed by atoms with van der Waals surface area (Å²) >= 11 is 0. The van der Waals surface area contributed by atoms with Gasteiger partial charge in [-0.1, -0.05) is 13.8 Å². The van der Waals surface area contributed by atoms with Gasteiger partial charge in [-0.3, -0.25) is 4.68 Å². The minimum atomic E-state index is -3.16. The van der Waals surface area contributed by atoms with Crippen LogP contribution in [0.1, 0.15) is 32.4 Å². The number of aromatic nitrogens is 2. The van der Waals surface area contributed by atoms with E-state index in [1.54, 1.807) is 10.9 Å². The Bertz CT molecular complexity index is 482. The first-order valence-electron chi connectivity index (χ1n) is 7.08. The Labute approximate surface area is 122 Å². The first-order chi connectivity index (χ1) is 9.41. The lowest BCUT2D eigenvalue weighted by molar-refractivity contribution is 0.555. The number of rotatable bonds is 10. The predicted octanol–water partition coefficient (Wildman–Crippen LogP) is 0.660. The number of sulfonamides is 1. The predicted molar refractivity (Wildman–Crippen MR) is 81.1 cm³/mol. The Morgan fingerprint density at radius 3 is 2.65 bits per heavy atom. The van der Waals surface area contributed by atoms with E-state index >= 15 is 0 Å². The zero-order valence-corrected chi connectivity index (χ0v) is 13.4. The fourth-order valence-corrected chi connectivity index (χ4v) is 3.00. The van der Waals surface area contributed by atoms with Gasteiger partial charge in [0.05, 0.1) is 5.75 Å². The normalized spacial score (nSPS) is 12.2. The van der Waals surface area contributed by atoms with Crippen molar-refractivity contribution in [3.05, 3.63) is 18.0 Å². The molecule has 1 aromatic heterocycles. The molecule has 0 amide bonds. The summed E-state index contributed by atoms with van der Waals surface area (Å²) in [7, 11) is -1.30. The summed E-state index contributed by atoms with van der Waals surface area (Å²) in [4.78, 5) is 0. The Morgan fingerprint density at radius 1 is 1.30 bits per heavy atom. The first-order valence-corrected chi connectivity index (χ1v) is 8.73. The van der Waals surface area contributed by atoms with E-state index in [4.69, 9.17) is 0 Å². The van der Waals surface area contributed by atoms with Gasteiger partial charge in [-0.15, -0.1) is 0 Å². The summed E-state index contributed by atoms with van der Waals surface area (Å²) in [5, 5.41) is 7.32. The maximum atomic E-state index is 11.8. The Morgan fingerprint density at radius 2 is 2.05 bits per heavy atom. The highest BCUT2D eigenvalue weighted by Gasteiger charge is 2.09. The molecule has 0 aliphatic carbocycles. The van der Waals surface area contributed by atoms with Gasteiger partial charge in [0.2, 0.25) is 10.0 Å². The molecule has 20 heavy (non-hydrogen) atoms. The molecule has 7 heteroatoms. The van der Waals surface area contributed by atoms with Gasteiger partial charge in [-0.25, -0.2) is 13.1 Å². The van der Waals surface area contributed by atoms with Crippen LogP contribution in [-0.4, -0.2) is 43.1 Å². The van der Waals surface area contributed by atoms with E-state index in [9.17, 15) is 8.42 Å². The summed E-state index contributed by atoms with van der Waals surface area (Å²) in [6, 6.07) is 2.34. The van der Waals surface area contributed by atoms with E-state index in [1.807, 2.05) is 13.1 Å². The number of aryl methyl sites for hydroxylation is 1. The van der Waals surface area contributed by atoms with E-state index < -0.39 is 10.0 Å². The second-order valence-corrected chi connectivity index (χ2v) is 7.15. The second-order valence-electron chi connectivity index (χ2n) is 5.23. The van der Waals surface area contributed by atoms with Crippen LogP contribution in [0.4, 0.5) is 0 Å². The highest BCUT2D eigenvalue weighted by molar-refractivity contribution is 7.89. The van der Waals surface area contributed by atoms with Gasteiger partial charge in [-0.05, 0) is 25.5 Å². The molecule has 0 spiro atoms. The summed E-state index contributed by atoms with van der Waals surface area (Å²) in [5.41, 5.74) is 1.02. The van der Waals surface area contributed by atoms with Crippen molar-refractivity contribution in [2.24, 2.45) is 7.05 Å². The molecule has 0 saturated carbocycles. The van der Waals surface area contributed by atoms with E-state index in [2.05, 4.69) is 29.0 Å². The third-order valence-electron chi connectivity index (χ3n) is 3.02. The lowest BCUT2D eigenvalue weighted by Crippen LogP contribution is -2.29. The average molecular weight is 302 g/mol. The van der Waals surface area contributed by atoms with Crippen LogP contribution < -0.4 is 10.0 Å². The molecule has 1 rings (SSSR count). The summed E-state index contributed by atoms with van der Waals surface area (Å²) in [6.07, 6.45) is 3.93. The van der Waals surface area contributed by atoms with Gasteiger partial charge in [0.1, 0.15) is 0 Å². The minimum Gasteiger partial charge on any atom is -0.315 e. The molecule has 0 saturated heterocycles. The number of hydrogen-bond acceptors (Lipinski definition) is 4. The lowest BCUT2D eigenvalue weighted by Gasteiger charge is -2.09. The molecule has 2 N–H and O–H groups in total. The standard InChI is InChI=1S/C13H26N4O2S/c1-12(2)14-8-4-5-11-20(18,19)16-10-7-13-6-9-15-17(13)3/h6,9,12,14,16H,4-5,7-8,10-11H2,1-3H3. The number of hydrogen-bond donors (Lipinski definition) is 2. The molecular weight excluding hydrogens is 276 g/mol. The molecule has 1 aromatic rings. The van der Waals surface area contributed by atoms with Crippen molar-refractivity contribution in [3.8, 4) is 0 Å². The minimum absolute atomic E-state index is 0.193. The Kier molecular flexibility index (Phi) is 7.18. The van der Waals surface area contributed by atoms with Crippen LogP contribution in [0.25, 0.3) is 0 Å². The number of nitrogens with zero attached hydrogens (tertiary/aromatic N) is 2. The fraction of sp³-hybridized carbons (Fsp3) is 0.769.